The number of sulfonamides is 1. The quantitative estimate of drug-likeness (QED) is 0.533. The summed E-state index contributed by atoms with van der Waals surface area (Å²) in [5.41, 5.74) is -0.0240. The van der Waals surface area contributed by atoms with Gasteiger partial charge in [-0.2, -0.15) is 4.31 Å². The lowest BCUT2D eigenvalue weighted by Gasteiger charge is -2.31. The average molecular weight is 421 g/mol. The molecule has 0 bridgehead atoms. The van der Waals surface area contributed by atoms with Gasteiger partial charge in [0.1, 0.15) is 11.5 Å². The summed E-state index contributed by atoms with van der Waals surface area (Å²) in [5, 5.41) is 22.8. The predicted octanol–water partition coefficient (Wildman–Crippen LogP) is 0.681. The largest absolute Gasteiger partial charge is 0.372 e. The van der Waals surface area contributed by atoms with E-state index in [0.29, 0.717) is 32.0 Å². The van der Waals surface area contributed by atoms with E-state index in [1.165, 1.54) is 16.4 Å². The molecule has 156 valence electrons. The first-order valence-electron chi connectivity index (χ1n) is 9.48. The van der Waals surface area contributed by atoms with Crippen LogP contribution in [0.4, 0.5) is 11.4 Å². The minimum Gasteiger partial charge on any atom is -0.372 e. The van der Waals surface area contributed by atoms with Crippen LogP contribution in [0.3, 0.4) is 0 Å². The summed E-state index contributed by atoms with van der Waals surface area (Å²) in [6, 6.07) is 3.99. The van der Waals surface area contributed by atoms with Crippen LogP contribution in [-0.2, 0) is 29.5 Å². The van der Waals surface area contributed by atoms with Crippen LogP contribution >= 0.6 is 0 Å². The van der Waals surface area contributed by atoms with Crippen LogP contribution in [0.5, 0.6) is 0 Å². The smallest absolute Gasteiger partial charge is 0.293 e. The van der Waals surface area contributed by atoms with Gasteiger partial charge in [0, 0.05) is 45.2 Å². The van der Waals surface area contributed by atoms with E-state index in [1.807, 2.05) is 16.5 Å². The number of nitrogens with zero attached hydrogens (tertiary/aromatic N) is 6. The molecule has 2 aliphatic rings. The van der Waals surface area contributed by atoms with Crippen molar-refractivity contribution in [2.24, 2.45) is 0 Å². The molecule has 0 saturated carbocycles. The Bertz CT molecular complexity index is 1030. The Labute approximate surface area is 168 Å². The highest BCUT2D eigenvalue weighted by molar-refractivity contribution is 7.89. The van der Waals surface area contributed by atoms with E-state index in [1.54, 1.807) is 0 Å². The Balaban J connectivity index is 1.56. The van der Waals surface area contributed by atoms with Gasteiger partial charge in [-0.1, -0.05) is 0 Å². The van der Waals surface area contributed by atoms with Crippen molar-refractivity contribution in [1.29, 1.82) is 0 Å². The number of anilines is 1. The first-order valence-corrected chi connectivity index (χ1v) is 10.9. The highest BCUT2D eigenvalue weighted by Gasteiger charge is 2.29. The Morgan fingerprint density at radius 3 is 2.66 bits per heavy atom. The molecule has 11 nitrogen and oxygen atoms in total. The van der Waals surface area contributed by atoms with E-state index in [0.717, 1.165) is 31.3 Å². The fraction of sp³-hybridized carbons (Fsp3) is 0.529. The van der Waals surface area contributed by atoms with Gasteiger partial charge in [0.05, 0.1) is 16.4 Å². The second-order valence-electron chi connectivity index (χ2n) is 7.28. The highest BCUT2D eigenvalue weighted by Crippen LogP contribution is 2.30. The van der Waals surface area contributed by atoms with Gasteiger partial charge in [-0.05, 0) is 25.6 Å². The molecule has 0 atom stereocenters. The number of nitro groups is 1. The summed E-state index contributed by atoms with van der Waals surface area (Å²) in [6.07, 6.45) is 1.89. The van der Waals surface area contributed by atoms with Gasteiger partial charge in [-0.25, -0.2) is 8.42 Å². The molecule has 12 heteroatoms. The number of likely N-dealkylation sites (N-methyl/N-ethyl adjacent to an activating group) is 1. The normalized spacial score (nSPS) is 18.0. The lowest BCUT2D eigenvalue weighted by molar-refractivity contribution is -0.384. The Hall–Kier alpha value is -2.57. The number of fused-ring (bicyclic) bond motifs is 1. The number of benzene rings is 1. The third-order valence-corrected chi connectivity index (χ3v) is 7.28. The van der Waals surface area contributed by atoms with Crippen LogP contribution in [0.15, 0.2) is 23.1 Å². The molecule has 0 radical (unpaired) electrons. The zero-order valence-electron chi connectivity index (χ0n) is 16.1. The fourth-order valence-corrected chi connectivity index (χ4v) is 5.11. The van der Waals surface area contributed by atoms with Crippen molar-refractivity contribution in [2.75, 3.05) is 38.5 Å². The summed E-state index contributed by atoms with van der Waals surface area (Å²) >= 11 is 0. The predicted molar refractivity (Wildman–Crippen MR) is 105 cm³/mol. The molecular weight excluding hydrogens is 398 g/mol. The lowest BCUT2D eigenvalue weighted by atomic mass is 10.2. The second kappa shape index (κ2) is 7.69. The van der Waals surface area contributed by atoms with Crippen LogP contribution in [0.25, 0.3) is 0 Å². The van der Waals surface area contributed by atoms with Crippen molar-refractivity contribution in [3.8, 4) is 0 Å². The molecule has 2 aromatic rings. The fourth-order valence-electron chi connectivity index (χ4n) is 3.67. The maximum atomic E-state index is 12.9. The topological polar surface area (TPSA) is 127 Å². The number of hydrogen-bond donors (Lipinski definition) is 1. The molecule has 2 aliphatic heterocycles. The molecule has 4 rings (SSSR count). The monoisotopic (exact) mass is 421 g/mol. The van der Waals surface area contributed by atoms with Crippen LogP contribution in [0, 0.1) is 10.1 Å². The highest BCUT2D eigenvalue weighted by atomic mass is 32.2. The Morgan fingerprint density at radius 1 is 1.17 bits per heavy atom. The maximum Gasteiger partial charge on any atom is 0.293 e. The van der Waals surface area contributed by atoms with Gasteiger partial charge in [-0.15, -0.1) is 10.2 Å². The van der Waals surface area contributed by atoms with E-state index >= 15 is 0 Å². The van der Waals surface area contributed by atoms with E-state index < -0.39 is 14.9 Å². The number of rotatable bonds is 6. The summed E-state index contributed by atoms with van der Waals surface area (Å²) in [7, 11) is -1.85. The molecule has 3 heterocycles. The van der Waals surface area contributed by atoms with Crippen molar-refractivity contribution >= 4 is 21.4 Å². The van der Waals surface area contributed by atoms with Gasteiger partial charge in [0.2, 0.25) is 10.0 Å². The number of aryl methyl sites for hydroxylation is 1. The minimum absolute atomic E-state index is 0.0670. The van der Waals surface area contributed by atoms with Crippen LogP contribution < -0.4 is 5.32 Å². The first-order chi connectivity index (χ1) is 13.9. The van der Waals surface area contributed by atoms with Crippen molar-refractivity contribution in [3.05, 3.63) is 40.0 Å². The van der Waals surface area contributed by atoms with Crippen LogP contribution in [0.2, 0.25) is 0 Å². The van der Waals surface area contributed by atoms with Gasteiger partial charge in [-0.3, -0.25) is 10.1 Å². The number of piperazine rings is 1. The maximum absolute atomic E-state index is 12.9. The third-order valence-electron chi connectivity index (χ3n) is 5.39. The molecule has 29 heavy (non-hydrogen) atoms. The lowest BCUT2D eigenvalue weighted by Crippen LogP contribution is -2.47. The molecule has 0 unspecified atom stereocenters. The molecule has 1 aromatic carbocycles. The van der Waals surface area contributed by atoms with Gasteiger partial charge in [0.15, 0.2) is 5.82 Å². The molecule has 0 spiro atoms. The number of aromatic nitrogens is 3. The van der Waals surface area contributed by atoms with Crippen molar-refractivity contribution in [3.63, 3.8) is 0 Å². The van der Waals surface area contributed by atoms with E-state index in [-0.39, 0.29) is 22.8 Å². The number of hydrogen-bond acceptors (Lipinski definition) is 8. The molecule has 1 fully saturated rings. The average Bonchev–Trinajstić information content (AvgIpc) is 3.30. The zero-order chi connectivity index (χ0) is 20.6. The van der Waals surface area contributed by atoms with Gasteiger partial charge in [0.25, 0.3) is 5.69 Å². The molecular formula is C17H23N7O4S. The second-order valence-corrected chi connectivity index (χ2v) is 9.22. The number of nitro benzene ring substituents is 1. The third kappa shape index (κ3) is 3.82. The molecule has 1 N–H and O–H groups in total. The molecule has 1 saturated heterocycles. The van der Waals surface area contributed by atoms with Gasteiger partial charge < -0.3 is 14.8 Å². The first kappa shape index (κ1) is 19.7. The summed E-state index contributed by atoms with van der Waals surface area (Å²) in [5.74, 6) is 1.63. The van der Waals surface area contributed by atoms with Gasteiger partial charge >= 0.3 is 0 Å². The van der Waals surface area contributed by atoms with Crippen LogP contribution in [-0.4, -0.2) is 70.5 Å². The van der Waals surface area contributed by atoms with Crippen LogP contribution in [0.1, 0.15) is 18.1 Å². The van der Waals surface area contributed by atoms with Crippen molar-refractivity contribution in [1.82, 2.24) is 24.0 Å². The SMILES string of the molecule is CN1CCN(S(=O)(=O)c2ccc(NCc3nnc4n3CCC4)c([N+](=O)[O-])c2)CC1. The molecule has 0 amide bonds. The summed E-state index contributed by atoms with van der Waals surface area (Å²) < 4.78 is 29.2. The van der Waals surface area contributed by atoms with E-state index in [9.17, 15) is 18.5 Å². The van der Waals surface area contributed by atoms with Crippen molar-refractivity contribution < 1.29 is 13.3 Å². The summed E-state index contributed by atoms with van der Waals surface area (Å²) in [6.45, 7) is 3.10. The van der Waals surface area contributed by atoms with E-state index in [2.05, 4.69) is 15.5 Å². The van der Waals surface area contributed by atoms with Crippen molar-refractivity contribution in [2.45, 2.75) is 30.8 Å². The van der Waals surface area contributed by atoms with E-state index in [4.69, 9.17) is 0 Å². The Morgan fingerprint density at radius 2 is 1.93 bits per heavy atom. The minimum atomic E-state index is -3.78. The standard InChI is InChI=1S/C17H23N7O4S/c1-21-7-9-22(10-8-21)29(27,28)13-4-5-14(15(11-13)24(25)26)18-12-17-20-19-16-3-2-6-23(16)17/h4-5,11,18H,2-3,6-10,12H2,1H3. The Kier molecular flexibility index (Phi) is 5.23. The summed E-state index contributed by atoms with van der Waals surface area (Å²) in [4.78, 5) is 13.0. The zero-order valence-corrected chi connectivity index (χ0v) is 16.9. The molecule has 0 aliphatic carbocycles. The number of nitrogens with one attached hydrogen (secondary N) is 1. The molecule has 1 aromatic heterocycles.